The van der Waals surface area contributed by atoms with E-state index in [4.69, 9.17) is 5.73 Å². The second kappa shape index (κ2) is 4.85. The molecule has 62 valence electrons. The van der Waals surface area contributed by atoms with E-state index in [0.717, 1.165) is 6.42 Å². The molecule has 0 aliphatic heterocycles. The first-order valence-electron chi connectivity index (χ1n) is 3.70. The summed E-state index contributed by atoms with van der Waals surface area (Å²) in [7, 11) is -0.727. The van der Waals surface area contributed by atoms with Crippen molar-refractivity contribution in [3.05, 3.63) is 0 Å². The second-order valence-corrected chi connectivity index (χ2v) is 4.80. The van der Waals surface area contributed by atoms with E-state index < -0.39 is 10.8 Å². The summed E-state index contributed by atoms with van der Waals surface area (Å²) < 4.78 is 11.1. The van der Waals surface area contributed by atoms with Crippen molar-refractivity contribution in [1.82, 2.24) is 0 Å². The molecule has 0 radical (unpaired) electrons. The van der Waals surface area contributed by atoms with Gasteiger partial charge in [0.25, 0.3) is 0 Å². The fourth-order valence-corrected chi connectivity index (χ4v) is 1.56. The number of nitrogens with two attached hydrogens (primary N) is 1. The van der Waals surface area contributed by atoms with Crippen LogP contribution in [-0.2, 0) is 10.8 Å². The summed E-state index contributed by atoms with van der Waals surface area (Å²) in [5, 5.41) is 0.248. The zero-order chi connectivity index (χ0) is 8.15. The van der Waals surface area contributed by atoms with Crippen LogP contribution in [0.4, 0.5) is 0 Å². The molecule has 0 bridgehead atoms. The van der Waals surface area contributed by atoms with Gasteiger partial charge in [0.05, 0.1) is 0 Å². The molecule has 10 heavy (non-hydrogen) atoms. The molecule has 0 saturated carbocycles. The molecular formula is C7H17NOS. The summed E-state index contributed by atoms with van der Waals surface area (Å²) in [4.78, 5) is 0. The minimum atomic E-state index is -0.727. The monoisotopic (exact) mass is 163 g/mol. The molecule has 2 N–H and O–H groups in total. The molecule has 0 saturated heterocycles. The Bertz CT molecular complexity index is 114. The summed E-state index contributed by atoms with van der Waals surface area (Å²) in [5.41, 5.74) is 5.62. The van der Waals surface area contributed by atoms with Crippen LogP contribution < -0.4 is 5.73 Å². The predicted molar refractivity (Wildman–Crippen MR) is 46.4 cm³/mol. The molecule has 0 spiro atoms. The van der Waals surface area contributed by atoms with Gasteiger partial charge in [0, 0.05) is 27.8 Å². The zero-order valence-electron chi connectivity index (χ0n) is 6.96. The van der Waals surface area contributed by atoms with Crippen molar-refractivity contribution in [2.24, 2.45) is 5.73 Å². The molecule has 0 heterocycles. The van der Waals surface area contributed by atoms with Crippen molar-refractivity contribution < 1.29 is 4.21 Å². The van der Waals surface area contributed by atoms with Crippen LogP contribution in [0.1, 0.15) is 27.2 Å². The first-order chi connectivity index (χ1) is 4.57. The molecular weight excluding hydrogens is 146 g/mol. The fourth-order valence-electron chi connectivity index (χ4n) is 0.521. The first kappa shape index (κ1) is 10.1. The third kappa shape index (κ3) is 4.01. The van der Waals surface area contributed by atoms with Crippen molar-refractivity contribution in [1.29, 1.82) is 0 Å². The van der Waals surface area contributed by atoms with Crippen molar-refractivity contribution >= 4 is 10.8 Å². The smallest absolute Gasteiger partial charge is 0.0389 e. The van der Waals surface area contributed by atoms with Gasteiger partial charge in [-0.1, -0.05) is 20.8 Å². The summed E-state index contributed by atoms with van der Waals surface area (Å²) in [6, 6.07) is 0.114. The first-order valence-corrected chi connectivity index (χ1v) is 5.08. The van der Waals surface area contributed by atoms with Gasteiger partial charge in [0.2, 0.25) is 0 Å². The zero-order valence-corrected chi connectivity index (χ0v) is 7.78. The van der Waals surface area contributed by atoms with Crippen molar-refractivity contribution in [3.63, 3.8) is 0 Å². The second-order valence-electron chi connectivity index (χ2n) is 2.76. The maximum atomic E-state index is 11.1. The molecule has 0 rings (SSSR count). The summed E-state index contributed by atoms with van der Waals surface area (Å²) in [6.45, 7) is 5.93. The fraction of sp³-hybridized carbons (Fsp3) is 1.00. The Balaban J connectivity index is 3.57. The Morgan fingerprint density at radius 1 is 1.50 bits per heavy atom. The van der Waals surface area contributed by atoms with Crippen LogP contribution in [0.25, 0.3) is 0 Å². The van der Waals surface area contributed by atoms with Gasteiger partial charge in [-0.15, -0.1) is 0 Å². The Kier molecular flexibility index (Phi) is 4.91. The Hall–Kier alpha value is 0.110. The summed E-state index contributed by atoms with van der Waals surface area (Å²) in [5.74, 6) is 0.647. The van der Waals surface area contributed by atoms with E-state index in [9.17, 15) is 4.21 Å². The van der Waals surface area contributed by atoms with E-state index in [0.29, 0.717) is 5.75 Å². The molecule has 3 heteroatoms. The lowest BCUT2D eigenvalue weighted by Gasteiger charge is -2.09. The molecule has 0 aromatic heterocycles. The van der Waals surface area contributed by atoms with Crippen LogP contribution in [0.5, 0.6) is 0 Å². The molecule has 0 amide bonds. The van der Waals surface area contributed by atoms with Gasteiger partial charge >= 0.3 is 0 Å². The Labute approximate surface area is 65.6 Å². The lowest BCUT2D eigenvalue weighted by atomic mass is 10.3. The van der Waals surface area contributed by atoms with Gasteiger partial charge in [0.1, 0.15) is 0 Å². The molecule has 0 aliphatic carbocycles. The van der Waals surface area contributed by atoms with Crippen LogP contribution in [0.3, 0.4) is 0 Å². The number of hydrogen-bond donors (Lipinski definition) is 1. The molecule has 2 atom stereocenters. The Morgan fingerprint density at radius 3 is 2.30 bits per heavy atom. The standard InChI is InChI=1S/C7H17NOS/c1-4-7(8)5-10(9)6(2)3/h6-7H,4-5,8H2,1-3H3. The largest absolute Gasteiger partial charge is 0.327 e. The van der Waals surface area contributed by atoms with Crippen LogP contribution in [0.15, 0.2) is 0 Å². The SMILES string of the molecule is CCC(N)CS(=O)C(C)C. The minimum Gasteiger partial charge on any atom is -0.327 e. The van der Waals surface area contributed by atoms with E-state index in [-0.39, 0.29) is 11.3 Å². The molecule has 0 aliphatic rings. The topological polar surface area (TPSA) is 43.1 Å². The minimum absolute atomic E-state index is 0.114. The van der Waals surface area contributed by atoms with Crippen LogP contribution in [0, 0.1) is 0 Å². The molecule has 0 aromatic rings. The van der Waals surface area contributed by atoms with Crippen molar-refractivity contribution in [2.75, 3.05) is 5.75 Å². The molecule has 0 aromatic carbocycles. The summed E-state index contributed by atoms with van der Waals surface area (Å²) >= 11 is 0. The van der Waals surface area contributed by atoms with E-state index in [1.165, 1.54) is 0 Å². The van der Waals surface area contributed by atoms with Gasteiger partial charge in [-0.2, -0.15) is 0 Å². The number of rotatable bonds is 4. The van der Waals surface area contributed by atoms with E-state index >= 15 is 0 Å². The maximum Gasteiger partial charge on any atom is 0.0389 e. The maximum absolute atomic E-state index is 11.1. The molecule has 2 nitrogen and oxygen atoms in total. The normalized spacial score (nSPS) is 17.3. The van der Waals surface area contributed by atoms with Gasteiger partial charge < -0.3 is 5.73 Å². The lowest BCUT2D eigenvalue weighted by Crippen LogP contribution is -2.28. The molecule has 2 unspecified atom stereocenters. The lowest BCUT2D eigenvalue weighted by molar-refractivity contribution is 0.657. The third-order valence-electron chi connectivity index (χ3n) is 1.43. The highest BCUT2D eigenvalue weighted by molar-refractivity contribution is 7.85. The van der Waals surface area contributed by atoms with Crippen molar-refractivity contribution in [2.45, 2.75) is 38.5 Å². The quantitative estimate of drug-likeness (QED) is 0.668. The van der Waals surface area contributed by atoms with Gasteiger partial charge in [-0.3, -0.25) is 4.21 Å². The summed E-state index contributed by atoms with van der Waals surface area (Å²) in [6.07, 6.45) is 0.915. The van der Waals surface area contributed by atoms with Gasteiger partial charge in [-0.05, 0) is 6.42 Å². The predicted octanol–water partition coefficient (Wildman–Crippen LogP) is 0.881. The van der Waals surface area contributed by atoms with Crippen LogP contribution >= 0.6 is 0 Å². The average Bonchev–Trinajstić information content (AvgIpc) is 1.87. The Morgan fingerprint density at radius 2 is 2.00 bits per heavy atom. The van der Waals surface area contributed by atoms with E-state index in [1.807, 2.05) is 20.8 Å². The highest BCUT2D eigenvalue weighted by atomic mass is 32.2. The third-order valence-corrected chi connectivity index (χ3v) is 3.24. The number of hydrogen-bond acceptors (Lipinski definition) is 2. The van der Waals surface area contributed by atoms with Gasteiger partial charge in [-0.25, -0.2) is 0 Å². The van der Waals surface area contributed by atoms with Crippen molar-refractivity contribution in [3.8, 4) is 0 Å². The van der Waals surface area contributed by atoms with E-state index in [2.05, 4.69) is 0 Å². The highest BCUT2D eigenvalue weighted by Gasteiger charge is 2.08. The van der Waals surface area contributed by atoms with E-state index in [1.54, 1.807) is 0 Å². The van der Waals surface area contributed by atoms with Gasteiger partial charge in [0.15, 0.2) is 0 Å². The highest BCUT2D eigenvalue weighted by Crippen LogP contribution is 1.97. The van der Waals surface area contributed by atoms with Crippen LogP contribution in [-0.4, -0.2) is 21.3 Å². The average molecular weight is 163 g/mol. The van der Waals surface area contributed by atoms with Crippen LogP contribution in [0.2, 0.25) is 0 Å². The molecule has 0 fully saturated rings.